The molecule has 254 valence electrons. The zero-order chi connectivity index (χ0) is 33.7. The highest BCUT2D eigenvalue weighted by molar-refractivity contribution is 7.92. The molecule has 3 aromatic rings. The van der Waals surface area contributed by atoms with Gasteiger partial charge in [0.1, 0.15) is 10.8 Å². The third kappa shape index (κ3) is 8.55. The molecule has 2 aromatic carbocycles. The summed E-state index contributed by atoms with van der Waals surface area (Å²) < 4.78 is 31.3. The smallest absolute Gasteiger partial charge is 0.239 e. The molecule has 4 N–H and O–H groups in total. The fourth-order valence-corrected chi connectivity index (χ4v) is 6.61. The quantitative estimate of drug-likeness (QED) is 0.271. The van der Waals surface area contributed by atoms with Crippen molar-refractivity contribution in [1.29, 1.82) is 0 Å². The molecule has 47 heavy (non-hydrogen) atoms. The number of carbonyl (C=O) groups is 1. The van der Waals surface area contributed by atoms with Gasteiger partial charge >= 0.3 is 0 Å². The first-order valence-corrected chi connectivity index (χ1v) is 17.9. The Labute approximate surface area is 282 Å². The number of nitrogens with one attached hydrogen (secondary N) is 2. The predicted octanol–water partition coefficient (Wildman–Crippen LogP) is 3.73. The molecule has 0 radical (unpaired) electrons. The Kier molecular flexibility index (Phi) is 11.0. The van der Waals surface area contributed by atoms with Crippen LogP contribution in [0.25, 0.3) is 0 Å². The second kappa shape index (κ2) is 14.9. The molecule has 2 aliphatic heterocycles. The molecule has 5 rings (SSSR count). The van der Waals surface area contributed by atoms with Gasteiger partial charge in [0.25, 0.3) is 0 Å². The summed E-state index contributed by atoms with van der Waals surface area (Å²) in [5, 5.41) is 6.65. The van der Waals surface area contributed by atoms with Crippen molar-refractivity contribution in [2.24, 2.45) is 11.7 Å². The molecule has 1 amide bonds. The van der Waals surface area contributed by atoms with E-state index in [1.54, 1.807) is 38.3 Å². The maximum Gasteiger partial charge on any atom is 0.239 e. The number of hydrogen-bond donors (Lipinski definition) is 3. The molecule has 1 aromatic heterocycles. The van der Waals surface area contributed by atoms with E-state index in [4.69, 9.17) is 22.1 Å². The summed E-state index contributed by atoms with van der Waals surface area (Å²) in [6.45, 7) is 8.15. The first kappa shape index (κ1) is 34.5. The number of amides is 1. The Morgan fingerprint density at radius 1 is 1.09 bits per heavy atom. The Bertz CT molecular complexity index is 1660. The van der Waals surface area contributed by atoms with Crippen LogP contribution in [0.3, 0.4) is 0 Å². The van der Waals surface area contributed by atoms with E-state index in [-0.39, 0.29) is 10.9 Å². The lowest BCUT2D eigenvalue weighted by Crippen LogP contribution is -2.50. The number of piperidine rings is 1. The van der Waals surface area contributed by atoms with E-state index in [0.29, 0.717) is 40.5 Å². The molecule has 0 saturated carbocycles. The highest BCUT2D eigenvalue weighted by atomic mass is 35.5. The van der Waals surface area contributed by atoms with Crippen LogP contribution in [-0.2, 0) is 14.8 Å². The van der Waals surface area contributed by atoms with Crippen LogP contribution in [0.15, 0.2) is 48.7 Å². The van der Waals surface area contributed by atoms with Crippen LogP contribution in [0.1, 0.15) is 19.8 Å². The highest BCUT2D eigenvalue weighted by Gasteiger charge is 2.27. The average molecular weight is 686 g/mol. The average Bonchev–Trinajstić information content (AvgIpc) is 3.06. The van der Waals surface area contributed by atoms with Crippen molar-refractivity contribution < 1.29 is 17.9 Å². The topological polar surface area (TPSA) is 149 Å². The number of sulfonamides is 1. The molecule has 2 saturated heterocycles. The normalized spacial score (nSPS) is 16.9. The first-order valence-electron chi connectivity index (χ1n) is 15.7. The number of benzene rings is 2. The van der Waals surface area contributed by atoms with E-state index in [0.717, 1.165) is 70.6 Å². The number of nitrogens with zero attached hydrogens (tertiary/aromatic N) is 6. The largest absolute Gasteiger partial charge is 0.494 e. The zero-order valence-corrected chi connectivity index (χ0v) is 28.9. The molecule has 0 bridgehead atoms. The number of carbonyl (C=O) groups excluding carboxylic acids is 1. The Morgan fingerprint density at radius 2 is 1.79 bits per heavy atom. The molecule has 1 unspecified atom stereocenters. The van der Waals surface area contributed by atoms with Gasteiger partial charge in [0.15, 0.2) is 5.82 Å². The molecule has 2 fully saturated rings. The molecular formula is C32H44ClN9O4S. The maximum atomic E-state index is 12.2. The van der Waals surface area contributed by atoms with Gasteiger partial charge in [-0.2, -0.15) is 4.98 Å². The second-order valence-electron chi connectivity index (χ2n) is 12.1. The van der Waals surface area contributed by atoms with Gasteiger partial charge in [-0.1, -0.05) is 23.7 Å². The first-order chi connectivity index (χ1) is 22.4. The van der Waals surface area contributed by atoms with Crippen molar-refractivity contribution in [3.8, 4) is 5.75 Å². The predicted molar refractivity (Wildman–Crippen MR) is 188 cm³/mol. The number of rotatable bonds is 11. The minimum absolute atomic E-state index is 0.0505. The van der Waals surface area contributed by atoms with Gasteiger partial charge in [-0.25, -0.2) is 13.4 Å². The number of aromatic nitrogens is 2. The van der Waals surface area contributed by atoms with Crippen LogP contribution >= 0.6 is 11.6 Å². The van der Waals surface area contributed by atoms with Gasteiger partial charge in [0, 0.05) is 64.6 Å². The van der Waals surface area contributed by atoms with Crippen molar-refractivity contribution in [3.05, 3.63) is 53.7 Å². The summed E-state index contributed by atoms with van der Waals surface area (Å²) in [5.74, 6) is 1.90. The molecule has 3 heterocycles. The Balaban J connectivity index is 1.20. The number of anilines is 6. The third-order valence-corrected chi connectivity index (χ3v) is 10.2. The monoisotopic (exact) mass is 685 g/mol. The molecular weight excluding hydrogens is 642 g/mol. The van der Waals surface area contributed by atoms with E-state index >= 15 is 0 Å². The SMILES string of the molecule is COc1cc(N2CCN(CC3CCN(C(=O)C(C)N)CC3)CC2)ccc1Nc1ncc(Cl)c(Nc2ccccc2N(C)S(C)(=O)=O)n1. The molecule has 0 aliphatic carbocycles. The van der Waals surface area contributed by atoms with Gasteiger partial charge in [-0.3, -0.25) is 14.0 Å². The van der Waals surface area contributed by atoms with Crippen LogP contribution in [0.4, 0.5) is 34.5 Å². The van der Waals surface area contributed by atoms with E-state index in [9.17, 15) is 13.2 Å². The number of piperazine rings is 1. The lowest BCUT2D eigenvalue weighted by molar-refractivity contribution is -0.133. The lowest BCUT2D eigenvalue weighted by atomic mass is 9.95. The van der Waals surface area contributed by atoms with Gasteiger partial charge in [-0.05, 0) is 49.9 Å². The van der Waals surface area contributed by atoms with E-state index in [1.807, 2.05) is 17.0 Å². The highest BCUT2D eigenvalue weighted by Crippen LogP contribution is 2.34. The summed E-state index contributed by atoms with van der Waals surface area (Å²) in [6, 6.07) is 12.6. The Morgan fingerprint density at radius 3 is 2.45 bits per heavy atom. The fraction of sp³-hybridized carbons (Fsp3) is 0.469. The number of ether oxygens (including phenoxy) is 1. The van der Waals surface area contributed by atoms with Gasteiger partial charge in [0.05, 0.1) is 42.7 Å². The molecule has 1 atom stereocenters. The van der Waals surface area contributed by atoms with Crippen LogP contribution in [0, 0.1) is 5.92 Å². The summed E-state index contributed by atoms with van der Waals surface area (Å²) in [7, 11) is -0.371. The van der Waals surface area contributed by atoms with Gasteiger partial charge in [-0.15, -0.1) is 0 Å². The number of halogens is 1. The van der Waals surface area contributed by atoms with Gasteiger partial charge in [0.2, 0.25) is 21.9 Å². The number of likely N-dealkylation sites (tertiary alicyclic amines) is 1. The zero-order valence-electron chi connectivity index (χ0n) is 27.3. The number of hydrogen-bond acceptors (Lipinski definition) is 11. The van der Waals surface area contributed by atoms with Crippen LogP contribution < -0.4 is 30.3 Å². The summed E-state index contributed by atoms with van der Waals surface area (Å²) in [5.41, 5.74) is 8.52. The van der Waals surface area contributed by atoms with Gasteiger partial charge < -0.3 is 30.9 Å². The van der Waals surface area contributed by atoms with Crippen molar-refractivity contribution in [3.63, 3.8) is 0 Å². The third-order valence-electron chi connectivity index (χ3n) is 8.74. The minimum Gasteiger partial charge on any atom is -0.494 e. The standard InChI is InChI=1S/C32H44ClN9O4S/c1-22(34)31(43)42-13-11-23(12-14-42)21-40-15-17-41(18-16-40)24-9-10-27(29(19-24)46-3)37-32-35-20-25(33)30(38-32)36-26-7-5-6-8-28(26)39(2)47(4,44)45/h5-10,19-20,22-23H,11-18,21,34H2,1-4H3,(H2,35,36,37,38). The van der Waals surface area contributed by atoms with Crippen LogP contribution in [0.5, 0.6) is 5.75 Å². The van der Waals surface area contributed by atoms with Crippen LogP contribution in [-0.4, -0.2) is 106 Å². The number of nitrogens with two attached hydrogens (primary N) is 1. The van der Waals surface area contributed by atoms with Crippen LogP contribution in [0.2, 0.25) is 5.02 Å². The summed E-state index contributed by atoms with van der Waals surface area (Å²) in [4.78, 5) is 27.9. The summed E-state index contributed by atoms with van der Waals surface area (Å²) in [6.07, 6.45) is 4.66. The minimum atomic E-state index is -3.48. The lowest BCUT2D eigenvalue weighted by Gasteiger charge is -2.40. The molecule has 15 heteroatoms. The Hall–Kier alpha value is -3.85. The summed E-state index contributed by atoms with van der Waals surface area (Å²) >= 11 is 6.43. The molecule has 0 spiro atoms. The van der Waals surface area contributed by atoms with E-state index in [2.05, 4.69) is 36.5 Å². The van der Waals surface area contributed by atoms with Crippen molar-refractivity contribution in [2.75, 3.05) is 86.1 Å². The van der Waals surface area contributed by atoms with Crippen molar-refractivity contribution in [1.82, 2.24) is 19.8 Å². The number of methoxy groups -OCH3 is 1. The fourth-order valence-electron chi connectivity index (χ4n) is 5.95. The second-order valence-corrected chi connectivity index (χ2v) is 14.5. The molecule has 13 nitrogen and oxygen atoms in total. The number of para-hydroxylation sites is 2. The van der Waals surface area contributed by atoms with Crippen molar-refractivity contribution >= 4 is 62.0 Å². The van der Waals surface area contributed by atoms with E-state index < -0.39 is 16.1 Å². The van der Waals surface area contributed by atoms with E-state index in [1.165, 1.54) is 17.5 Å². The molecule has 2 aliphatic rings. The maximum absolute atomic E-state index is 12.2. The van der Waals surface area contributed by atoms with Crippen molar-refractivity contribution in [2.45, 2.75) is 25.8 Å².